The molecule has 0 aliphatic heterocycles. The maximum Gasteiger partial charge on any atom is 0.232 e. The Balaban J connectivity index is 2.89. The fourth-order valence-electron chi connectivity index (χ4n) is 0.943. The number of halogens is 1. The Hall–Kier alpha value is -1.14. The predicted molar refractivity (Wildman–Crippen MR) is 52.0 cm³/mol. The van der Waals surface area contributed by atoms with Crippen LogP contribution in [0.2, 0.25) is 5.02 Å². The van der Waals surface area contributed by atoms with Gasteiger partial charge in [0, 0.05) is 0 Å². The summed E-state index contributed by atoms with van der Waals surface area (Å²) in [5, 5.41) is 4.55. The number of hydrogen-bond acceptors (Lipinski definition) is 2. The van der Waals surface area contributed by atoms with Gasteiger partial charge in [-0.05, 0) is 13.8 Å². The standard InChI is InChI=1S/C9H11ClN2O/c1-4-5-13-9-8(10)6-11-12(9)7(2)3/h1,6-7H,5H2,2-3H3. The molecular formula is C9H11ClN2O. The molecule has 0 spiro atoms. The third-order valence-electron chi connectivity index (χ3n) is 1.49. The van der Waals surface area contributed by atoms with Crippen LogP contribution in [0.4, 0.5) is 0 Å². The highest BCUT2D eigenvalue weighted by Crippen LogP contribution is 2.26. The minimum absolute atomic E-state index is 0.206. The Morgan fingerprint density at radius 3 is 3.00 bits per heavy atom. The van der Waals surface area contributed by atoms with Gasteiger partial charge in [-0.1, -0.05) is 17.5 Å². The van der Waals surface area contributed by atoms with E-state index in [2.05, 4.69) is 11.0 Å². The molecule has 13 heavy (non-hydrogen) atoms. The lowest BCUT2D eigenvalue weighted by atomic mass is 10.4. The van der Waals surface area contributed by atoms with Crippen molar-refractivity contribution < 1.29 is 4.74 Å². The molecule has 0 aromatic carbocycles. The van der Waals surface area contributed by atoms with Crippen molar-refractivity contribution in [2.24, 2.45) is 0 Å². The topological polar surface area (TPSA) is 27.1 Å². The normalized spacial score (nSPS) is 10.1. The largest absolute Gasteiger partial charge is 0.464 e. The van der Waals surface area contributed by atoms with Gasteiger partial charge in [-0.3, -0.25) is 0 Å². The summed E-state index contributed by atoms with van der Waals surface area (Å²) >= 11 is 5.85. The lowest BCUT2D eigenvalue weighted by Crippen LogP contribution is -2.07. The van der Waals surface area contributed by atoms with E-state index in [0.717, 1.165) is 0 Å². The van der Waals surface area contributed by atoms with Crippen LogP contribution in [0.5, 0.6) is 5.88 Å². The van der Waals surface area contributed by atoms with E-state index in [-0.39, 0.29) is 12.6 Å². The van der Waals surface area contributed by atoms with Crippen LogP contribution >= 0.6 is 11.6 Å². The molecule has 0 bridgehead atoms. The van der Waals surface area contributed by atoms with Gasteiger partial charge >= 0.3 is 0 Å². The molecule has 0 fully saturated rings. The lowest BCUT2D eigenvalue weighted by Gasteiger charge is -2.10. The molecule has 1 aromatic rings. The molecule has 0 amide bonds. The minimum atomic E-state index is 0.206. The number of aromatic nitrogens is 2. The fraction of sp³-hybridized carbons (Fsp3) is 0.444. The van der Waals surface area contributed by atoms with Crippen molar-refractivity contribution in [2.45, 2.75) is 19.9 Å². The first-order valence-electron chi connectivity index (χ1n) is 3.96. The Morgan fingerprint density at radius 2 is 2.46 bits per heavy atom. The van der Waals surface area contributed by atoms with E-state index in [1.54, 1.807) is 10.9 Å². The van der Waals surface area contributed by atoms with Gasteiger partial charge in [0.25, 0.3) is 0 Å². The number of terminal acetylenes is 1. The third kappa shape index (κ3) is 2.16. The van der Waals surface area contributed by atoms with Crippen molar-refractivity contribution in [3.63, 3.8) is 0 Å². The van der Waals surface area contributed by atoms with E-state index in [1.807, 2.05) is 13.8 Å². The molecule has 1 rings (SSSR count). The summed E-state index contributed by atoms with van der Waals surface area (Å²) in [5.41, 5.74) is 0. The van der Waals surface area contributed by atoms with E-state index in [0.29, 0.717) is 10.9 Å². The van der Waals surface area contributed by atoms with Gasteiger partial charge in [-0.15, -0.1) is 6.42 Å². The van der Waals surface area contributed by atoms with Gasteiger partial charge in [-0.2, -0.15) is 5.10 Å². The van der Waals surface area contributed by atoms with Gasteiger partial charge in [0.1, 0.15) is 5.02 Å². The minimum Gasteiger partial charge on any atom is -0.464 e. The average Bonchev–Trinajstić information content (AvgIpc) is 2.43. The zero-order chi connectivity index (χ0) is 9.84. The van der Waals surface area contributed by atoms with Crippen molar-refractivity contribution in [1.29, 1.82) is 0 Å². The molecule has 70 valence electrons. The first kappa shape index (κ1) is 9.94. The fourth-order valence-corrected chi connectivity index (χ4v) is 1.13. The maximum absolute atomic E-state index is 5.85. The Kier molecular flexibility index (Phi) is 3.21. The van der Waals surface area contributed by atoms with Crippen molar-refractivity contribution in [1.82, 2.24) is 9.78 Å². The summed E-state index contributed by atoms with van der Waals surface area (Å²) in [7, 11) is 0. The first-order chi connectivity index (χ1) is 6.16. The summed E-state index contributed by atoms with van der Waals surface area (Å²) in [4.78, 5) is 0. The van der Waals surface area contributed by atoms with Gasteiger partial charge < -0.3 is 4.74 Å². The second kappa shape index (κ2) is 4.20. The highest BCUT2D eigenvalue weighted by molar-refractivity contribution is 6.31. The van der Waals surface area contributed by atoms with Crippen LogP contribution in [-0.4, -0.2) is 16.4 Å². The first-order valence-corrected chi connectivity index (χ1v) is 4.34. The zero-order valence-electron chi connectivity index (χ0n) is 7.62. The number of nitrogens with zero attached hydrogens (tertiary/aromatic N) is 2. The number of ether oxygens (including phenoxy) is 1. The van der Waals surface area contributed by atoms with E-state index in [4.69, 9.17) is 22.8 Å². The van der Waals surface area contributed by atoms with E-state index < -0.39 is 0 Å². The summed E-state index contributed by atoms with van der Waals surface area (Å²) < 4.78 is 6.94. The number of hydrogen-bond donors (Lipinski definition) is 0. The van der Waals surface area contributed by atoms with Crippen LogP contribution in [0.15, 0.2) is 6.20 Å². The van der Waals surface area contributed by atoms with Crippen molar-refractivity contribution >= 4 is 11.6 Å². The van der Waals surface area contributed by atoms with E-state index in [1.165, 1.54) is 0 Å². The average molecular weight is 199 g/mol. The smallest absolute Gasteiger partial charge is 0.232 e. The second-order valence-corrected chi connectivity index (χ2v) is 3.24. The van der Waals surface area contributed by atoms with Crippen LogP contribution in [0.3, 0.4) is 0 Å². The van der Waals surface area contributed by atoms with Crippen LogP contribution in [0.1, 0.15) is 19.9 Å². The lowest BCUT2D eigenvalue weighted by molar-refractivity contribution is 0.314. The number of rotatable bonds is 3. The van der Waals surface area contributed by atoms with Gasteiger partial charge in [-0.25, -0.2) is 4.68 Å². The van der Waals surface area contributed by atoms with Crippen LogP contribution in [0, 0.1) is 12.3 Å². The summed E-state index contributed by atoms with van der Waals surface area (Å²) in [5.74, 6) is 2.91. The van der Waals surface area contributed by atoms with Crippen LogP contribution in [-0.2, 0) is 0 Å². The molecule has 0 atom stereocenters. The van der Waals surface area contributed by atoms with Crippen molar-refractivity contribution in [3.05, 3.63) is 11.2 Å². The molecule has 3 nitrogen and oxygen atoms in total. The zero-order valence-corrected chi connectivity index (χ0v) is 8.38. The molecule has 0 aliphatic rings. The molecule has 0 saturated carbocycles. The molecule has 1 heterocycles. The SMILES string of the molecule is C#CCOc1c(Cl)cnn1C(C)C. The Bertz CT molecular complexity index is 325. The monoisotopic (exact) mass is 198 g/mol. The molecule has 0 saturated heterocycles. The van der Waals surface area contributed by atoms with E-state index >= 15 is 0 Å². The highest BCUT2D eigenvalue weighted by Gasteiger charge is 2.11. The molecule has 1 aromatic heterocycles. The van der Waals surface area contributed by atoms with Gasteiger partial charge in [0.2, 0.25) is 5.88 Å². The quantitative estimate of drug-likeness (QED) is 0.696. The van der Waals surface area contributed by atoms with Crippen LogP contribution in [0.25, 0.3) is 0 Å². The Labute approximate surface area is 82.6 Å². The van der Waals surface area contributed by atoms with Crippen LogP contribution < -0.4 is 4.74 Å². The maximum atomic E-state index is 5.85. The second-order valence-electron chi connectivity index (χ2n) is 2.83. The van der Waals surface area contributed by atoms with E-state index in [9.17, 15) is 0 Å². The molecule has 4 heteroatoms. The third-order valence-corrected chi connectivity index (χ3v) is 1.75. The summed E-state index contributed by atoms with van der Waals surface area (Å²) in [6.45, 7) is 4.19. The van der Waals surface area contributed by atoms with Gasteiger partial charge in [0.05, 0.1) is 12.2 Å². The molecule has 0 N–H and O–H groups in total. The van der Waals surface area contributed by atoms with Crippen molar-refractivity contribution in [2.75, 3.05) is 6.61 Å². The summed E-state index contributed by atoms with van der Waals surface area (Å²) in [6, 6.07) is 0.209. The van der Waals surface area contributed by atoms with Crippen molar-refractivity contribution in [3.8, 4) is 18.2 Å². The Morgan fingerprint density at radius 1 is 1.77 bits per heavy atom. The molecule has 0 radical (unpaired) electrons. The predicted octanol–water partition coefficient (Wildman–Crippen LogP) is 2.13. The van der Waals surface area contributed by atoms with Gasteiger partial charge in [0.15, 0.2) is 6.61 Å². The molecule has 0 aliphatic carbocycles. The molecular weight excluding hydrogens is 188 g/mol. The summed E-state index contributed by atoms with van der Waals surface area (Å²) in [6.07, 6.45) is 6.62. The highest BCUT2D eigenvalue weighted by atomic mass is 35.5. The molecule has 0 unspecified atom stereocenters.